The van der Waals surface area contributed by atoms with Crippen LogP contribution < -0.4 is 4.90 Å². The van der Waals surface area contributed by atoms with Gasteiger partial charge >= 0.3 is 0 Å². The number of para-hydroxylation sites is 1. The van der Waals surface area contributed by atoms with E-state index in [1.54, 1.807) is 0 Å². The summed E-state index contributed by atoms with van der Waals surface area (Å²) in [7, 11) is 0. The van der Waals surface area contributed by atoms with E-state index in [1.165, 1.54) is 24.9 Å². The van der Waals surface area contributed by atoms with Gasteiger partial charge in [-0.05, 0) is 37.3 Å². The molecular weight excluding hydrogens is 262 g/mol. The van der Waals surface area contributed by atoms with E-state index in [-0.39, 0.29) is 0 Å². The van der Waals surface area contributed by atoms with Gasteiger partial charge in [0.1, 0.15) is 0 Å². The molecule has 0 amide bonds. The van der Waals surface area contributed by atoms with Gasteiger partial charge in [0, 0.05) is 37.8 Å². The predicted octanol–water partition coefficient (Wildman–Crippen LogP) is 2.44. The van der Waals surface area contributed by atoms with Crippen LogP contribution in [0.2, 0.25) is 0 Å². The van der Waals surface area contributed by atoms with Crippen LogP contribution in [0, 0.1) is 11.8 Å². The summed E-state index contributed by atoms with van der Waals surface area (Å²) in [6, 6.07) is 11.1. The molecule has 1 saturated heterocycles. The van der Waals surface area contributed by atoms with Gasteiger partial charge in [-0.1, -0.05) is 23.4 Å². The van der Waals surface area contributed by atoms with Crippen LogP contribution in [0.1, 0.15) is 19.3 Å². The van der Waals surface area contributed by atoms with E-state index in [0.29, 0.717) is 12.0 Å². The van der Waals surface area contributed by atoms with Crippen LogP contribution in [-0.2, 0) is 0 Å². The Bertz CT molecular complexity index is 522. The number of hydrogen-bond donors (Lipinski definition) is 1. The van der Waals surface area contributed by atoms with Gasteiger partial charge in [0.15, 0.2) is 0 Å². The molecule has 0 unspecified atom stereocenters. The van der Waals surface area contributed by atoms with E-state index in [1.807, 2.05) is 0 Å². The molecule has 4 heteroatoms. The Labute approximate surface area is 126 Å². The lowest BCUT2D eigenvalue weighted by Crippen LogP contribution is -2.54. The second-order valence-electron chi connectivity index (χ2n) is 6.60. The average Bonchev–Trinajstić information content (AvgIpc) is 3.16. The molecule has 4 nitrogen and oxygen atoms in total. The molecule has 2 aliphatic carbocycles. The highest BCUT2D eigenvalue weighted by Gasteiger charge is 2.48. The molecule has 1 N–H and O–H groups in total. The molecule has 0 radical (unpaired) electrons. The lowest BCUT2D eigenvalue weighted by molar-refractivity contribution is 0.181. The zero-order valence-corrected chi connectivity index (χ0v) is 12.4. The van der Waals surface area contributed by atoms with Crippen molar-refractivity contribution in [3.63, 3.8) is 0 Å². The molecule has 0 aromatic heterocycles. The van der Waals surface area contributed by atoms with Gasteiger partial charge in [-0.2, -0.15) is 0 Å². The first-order valence-corrected chi connectivity index (χ1v) is 8.12. The molecule has 2 bridgehead atoms. The van der Waals surface area contributed by atoms with Crippen molar-refractivity contribution in [3.8, 4) is 0 Å². The molecule has 1 aromatic carbocycles. The van der Waals surface area contributed by atoms with E-state index in [2.05, 4.69) is 45.3 Å². The lowest BCUT2D eigenvalue weighted by atomic mass is 9.91. The van der Waals surface area contributed by atoms with Crippen molar-refractivity contribution >= 4 is 11.4 Å². The largest absolute Gasteiger partial charge is 0.411 e. The molecule has 3 aliphatic rings. The van der Waals surface area contributed by atoms with Crippen molar-refractivity contribution in [1.82, 2.24) is 4.90 Å². The molecule has 1 aromatic rings. The summed E-state index contributed by atoms with van der Waals surface area (Å²) in [6.45, 7) is 4.27. The highest BCUT2D eigenvalue weighted by atomic mass is 16.4. The Balaban J connectivity index is 1.44. The monoisotopic (exact) mass is 285 g/mol. The van der Waals surface area contributed by atoms with Crippen molar-refractivity contribution in [1.29, 1.82) is 0 Å². The number of hydrogen-bond acceptors (Lipinski definition) is 4. The number of rotatable bonds is 2. The van der Waals surface area contributed by atoms with Crippen LogP contribution in [0.25, 0.3) is 0 Å². The van der Waals surface area contributed by atoms with Crippen molar-refractivity contribution < 1.29 is 5.21 Å². The van der Waals surface area contributed by atoms with Gasteiger partial charge in [-0.25, -0.2) is 0 Å². The number of piperazine rings is 1. The number of anilines is 1. The van der Waals surface area contributed by atoms with Crippen molar-refractivity contribution in [3.05, 3.63) is 30.3 Å². The van der Waals surface area contributed by atoms with Crippen LogP contribution in [0.15, 0.2) is 35.5 Å². The first-order chi connectivity index (χ1) is 10.4. The molecule has 1 aliphatic heterocycles. The van der Waals surface area contributed by atoms with Gasteiger partial charge in [-0.3, -0.25) is 4.90 Å². The van der Waals surface area contributed by atoms with Crippen molar-refractivity contribution in [2.75, 3.05) is 31.1 Å². The SMILES string of the molecule is O/N=C1\[C@H]2CC[C@@H](C2)[C@H]1N1CCN(c2ccccc2)CC1. The topological polar surface area (TPSA) is 39.1 Å². The number of oxime groups is 1. The smallest absolute Gasteiger partial charge is 0.0775 e. The minimum atomic E-state index is 0.409. The summed E-state index contributed by atoms with van der Waals surface area (Å²) in [6.07, 6.45) is 3.78. The molecule has 4 rings (SSSR count). The minimum Gasteiger partial charge on any atom is -0.411 e. The fraction of sp³-hybridized carbons (Fsp3) is 0.588. The normalized spacial score (nSPS) is 34.8. The molecule has 3 atom stereocenters. The molecule has 0 spiro atoms. The van der Waals surface area contributed by atoms with Crippen molar-refractivity contribution in [2.24, 2.45) is 17.0 Å². The first kappa shape index (κ1) is 13.1. The summed E-state index contributed by atoms with van der Waals surface area (Å²) >= 11 is 0. The maximum atomic E-state index is 9.37. The van der Waals surface area contributed by atoms with Crippen LogP contribution in [0.3, 0.4) is 0 Å². The molecule has 1 heterocycles. The quantitative estimate of drug-likeness (QED) is 0.670. The Morgan fingerprint density at radius 1 is 1.00 bits per heavy atom. The molecule has 112 valence electrons. The first-order valence-electron chi connectivity index (χ1n) is 8.12. The summed E-state index contributed by atoms with van der Waals surface area (Å²) in [5.74, 6) is 1.28. The number of benzene rings is 1. The van der Waals surface area contributed by atoms with Crippen molar-refractivity contribution in [2.45, 2.75) is 25.3 Å². The third kappa shape index (κ3) is 2.22. The zero-order chi connectivity index (χ0) is 14.2. The molecular formula is C17H23N3O. The van der Waals surface area contributed by atoms with E-state index in [4.69, 9.17) is 0 Å². The fourth-order valence-electron chi connectivity index (χ4n) is 4.58. The maximum absolute atomic E-state index is 9.37. The Morgan fingerprint density at radius 2 is 1.76 bits per heavy atom. The molecule has 2 saturated carbocycles. The lowest BCUT2D eigenvalue weighted by Gasteiger charge is -2.41. The molecule has 3 fully saturated rings. The van der Waals surface area contributed by atoms with Gasteiger partial charge in [0.05, 0.1) is 11.8 Å². The van der Waals surface area contributed by atoms with Crippen LogP contribution in [0.4, 0.5) is 5.69 Å². The van der Waals surface area contributed by atoms with Crippen LogP contribution >= 0.6 is 0 Å². The molecule has 21 heavy (non-hydrogen) atoms. The summed E-state index contributed by atoms with van der Waals surface area (Å²) in [4.78, 5) is 5.01. The van der Waals surface area contributed by atoms with E-state index < -0.39 is 0 Å². The van der Waals surface area contributed by atoms with Gasteiger partial charge < -0.3 is 10.1 Å². The van der Waals surface area contributed by atoms with Crippen LogP contribution in [-0.4, -0.2) is 48.0 Å². The van der Waals surface area contributed by atoms with Gasteiger partial charge in [0.2, 0.25) is 0 Å². The second kappa shape index (κ2) is 5.34. The second-order valence-corrected chi connectivity index (χ2v) is 6.60. The standard InChI is InChI=1S/C17H23N3O/c21-18-16-13-6-7-14(12-13)17(16)20-10-8-19(9-11-20)15-4-2-1-3-5-15/h1-5,13-14,17,21H,6-12H2/b18-16+/t13-,14-,17+/m0/s1. The zero-order valence-electron chi connectivity index (χ0n) is 12.4. The summed E-state index contributed by atoms with van der Waals surface area (Å²) in [5.41, 5.74) is 2.39. The number of nitrogens with zero attached hydrogens (tertiary/aromatic N) is 3. The third-order valence-electron chi connectivity index (χ3n) is 5.59. The third-order valence-corrected chi connectivity index (χ3v) is 5.59. The van der Waals surface area contributed by atoms with E-state index in [9.17, 15) is 5.21 Å². The maximum Gasteiger partial charge on any atom is 0.0775 e. The highest BCUT2D eigenvalue weighted by Crippen LogP contribution is 2.45. The fourth-order valence-corrected chi connectivity index (χ4v) is 4.58. The summed E-state index contributed by atoms with van der Waals surface area (Å²) in [5, 5.41) is 13.0. The number of fused-ring (bicyclic) bond motifs is 2. The summed E-state index contributed by atoms with van der Waals surface area (Å²) < 4.78 is 0. The van der Waals surface area contributed by atoms with E-state index in [0.717, 1.165) is 37.8 Å². The van der Waals surface area contributed by atoms with Gasteiger partial charge in [-0.15, -0.1) is 0 Å². The Kier molecular flexibility index (Phi) is 3.34. The predicted molar refractivity (Wildman–Crippen MR) is 84.1 cm³/mol. The van der Waals surface area contributed by atoms with Crippen LogP contribution in [0.5, 0.6) is 0 Å². The average molecular weight is 285 g/mol. The van der Waals surface area contributed by atoms with E-state index >= 15 is 0 Å². The Hall–Kier alpha value is -1.55. The van der Waals surface area contributed by atoms with Gasteiger partial charge in [0.25, 0.3) is 0 Å². The minimum absolute atomic E-state index is 0.409. The Morgan fingerprint density at radius 3 is 2.48 bits per heavy atom. The highest BCUT2D eigenvalue weighted by molar-refractivity contribution is 5.94.